The standard InChI is InChI=1S/C20H20N2O2S/c1-13-11-17(9-10-18(13)21-15(3)23)24-12-19-22-20(14(2)25-19)16-7-5-4-6-8-16/h4-11H,12H2,1-3H3,(H,21,23). The Morgan fingerprint density at radius 1 is 1.16 bits per heavy atom. The van der Waals surface area contributed by atoms with Gasteiger partial charge in [0.25, 0.3) is 0 Å². The quantitative estimate of drug-likeness (QED) is 0.706. The molecule has 0 spiro atoms. The fourth-order valence-electron chi connectivity index (χ4n) is 2.58. The van der Waals surface area contributed by atoms with E-state index in [1.807, 2.05) is 43.3 Å². The number of carbonyl (C=O) groups is 1. The molecular weight excluding hydrogens is 332 g/mol. The monoisotopic (exact) mass is 352 g/mol. The van der Waals surface area contributed by atoms with Gasteiger partial charge in [-0.3, -0.25) is 4.79 Å². The number of nitrogens with one attached hydrogen (secondary N) is 1. The van der Waals surface area contributed by atoms with E-state index in [1.165, 1.54) is 11.8 Å². The molecule has 1 aromatic heterocycles. The fourth-order valence-corrected chi connectivity index (χ4v) is 3.45. The Kier molecular flexibility index (Phi) is 5.14. The maximum absolute atomic E-state index is 11.2. The zero-order chi connectivity index (χ0) is 17.8. The van der Waals surface area contributed by atoms with Gasteiger partial charge in [0.1, 0.15) is 17.4 Å². The van der Waals surface area contributed by atoms with E-state index < -0.39 is 0 Å². The number of nitrogens with zero attached hydrogens (tertiary/aromatic N) is 1. The molecule has 0 aliphatic carbocycles. The summed E-state index contributed by atoms with van der Waals surface area (Å²) in [6, 6.07) is 15.8. The van der Waals surface area contributed by atoms with Crippen molar-refractivity contribution < 1.29 is 9.53 Å². The molecular formula is C20H20N2O2S. The highest BCUT2D eigenvalue weighted by atomic mass is 32.1. The van der Waals surface area contributed by atoms with Crippen molar-refractivity contribution >= 4 is 22.9 Å². The summed E-state index contributed by atoms with van der Waals surface area (Å²) < 4.78 is 5.87. The van der Waals surface area contributed by atoms with E-state index in [1.54, 1.807) is 11.3 Å². The molecule has 0 atom stereocenters. The molecule has 0 radical (unpaired) electrons. The molecule has 0 unspecified atom stereocenters. The van der Waals surface area contributed by atoms with Crippen LogP contribution in [0.4, 0.5) is 5.69 Å². The van der Waals surface area contributed by atoms with Gasteiger partial charge >= 0.3 is 0 Å². The molecule has 0 aliphatic heterocycles. The summed E-state index contributed by atoms with van der Waals surface area (Å²) in [6.45, 7) is 5.95. The third-order valence-corrected chi connectivity index (χ3v) is 4.70. The maximum Gasteiger partial charge on any atom is 0.221 e. The SMILES string of the molecule is CC(=O)Nc1ccc(OCc2nc(-c3ccccc3)c(C)s2)cc1C. The number of carbonyl (C=O) groups excluding carboxylic acids is 1. The van der Waals surface area contributed by atoms with Gasteiger partial charge in [-0.05, 0) is 37.6 Å². The van der Waals surface area contributed by atoms with Crippen molar-refractivity contribution in [1.29, 1.82) is 0 Å². The summed E-state index contributed by atoms with van der Waals surface area (Å²) in [5.74, 6) is 0.684. The van der Waals surface area contributed by atoms with Crippen LogP contribution < -0.4 is 10.1 Å². The second-order valence-corrected chi connectivity index (χ2v) is 7.11. The molecule has 5 heteroatoms. The molecule has 1 N–H and O–H groups in total. The number of hydrogen-bond acceptors (Lipinski definition) is 4. The van der Waals surface area contributed by atoms with E-state index in [-0.39, 0.29) is 5.91 Å². The fraction of sp³-hybridized carbons (Fsp3) is 0.200. The minimum atomic E-state index is -0.0801. The summed E-state index contributed by atoms with van der Waals surface area (Å²) in [4.78, 5) is 17.1. The van der Waals surface area contributed by atoms with Crippen LogP contribution in [0.5, 0.6) is 5.75 Å². The van der Waals surface area contributed by atoms with Crippen LogP contribution in [0.15, 0.2) is 48.5 Å². The van der Waals surface area contributed by atoms with Crippen molar-refractivity contribution in [2.75, 3.05) is 5.32 Å². The molecule has 1 amide bonds. The first-order valence-electron chi connectivity index (χ1n) is 8.05. The highest BCUT2D eigenvalue weighted by molar-refractivity contribution is 7.12. The van der Waals surface area contributed by atoms with Crippen LogP contribution in [0.25, 0.3) is 11.3 Å². The lowest BCUT2D eigenvalue weighted by Gasteiger charge is -2.09. The third-order valence-electron chi connectivity index (χ3n) is 3.76. The van der Waals surface area contributed by atoms with Gasteiger partial charge in [0.15, 0.2) is 0 Å². The largest absolute Gasteiger partial charge is 0.486 e. The topological polar surface area (TPSA) is 51.2 Å². The summed E-state index contributed by atoms with van der Waals surface area (Å²) >= 11 is 1.65. The molecule has 25 heavy (non-hydrogen) atoms. The predicted octanol–water partition coefficient (Wildman–Crippen LogP) is 4.96. The van der Waals surface area contributed by atoms with Crippen LogP contribution in [-0.4, -0.2) is 10.9 Å². The van der Waals surface area contributed by atoms with Crippen LogP contribution >= 0.6 is 11.3 Å². The van der Waals surface area contributed by atoms with E-state index in [9.17, 15) is 4.79 Å². The van der Waals surface area contributed by atoms with Gasteiger partial charge in [-0.2, -0.15) is 0 Å². The van der Waals surface area contributed by atoms with E-state index in [0.29, 0.717) is 6.61 Å². The molecule has 2 aromatic carbocycles. The predicted molar refractivity (Wildman–Crippen MR) is 102 cm³/mol. The highest BCUT2D eigenvalue weighted by Crippen LogP contribution is 2.28. The second kappa shape index (κ2) is 7.49. The van der Waals surface area contributed by atoms with Crippen molar-refractivity contribution in [2.45, 2.75) is 27.4 Å². The molecule has 4 nitrogen and oxygen atoms in total. The van der Waals surface area contributed by atoms with Gasteiger partial charge in [0.2, 0.25) is 5.91 Å². The summed E-state index contributed by atoms with van der Waals surface area (Å²) in [7, 11) is 0. The van der Waals surface area contributed by atoms with Gasteiger partial charge < -0.3 is 10.1 Å². The normalized spacial score (nSPS) is 10.5. The minimum absolute atomic E-state index is 0.0801. The number of aryl methyl sites for hydroxylation is 2. The van der Waals surface area contributed by atoms with Gasteiger partial charge in [0.05, 0.1) is 5.69 Å². The summed E-state index contributed by atoms with van der Waals surface area (Å²) in [5, 5.41) is 3.74. The van der Waals surface area contributed by atoms with E-state index >= 15 is 0 Å². The molecule has 128 valence electrons. The molecule has 0 bridgehead atoms. The lowest BCUT2D eigenvalue weighted by molar-refractivity contribution is -0.114. The van der Waals surface area contributed by atoms with Gasteiger partial charge in [-0.25, -0.2) is 4.98 Å². The zero-order valence-corrected chi connectivity index (χ0v) is 15.3. The minimum Gasteiger partial charge on any atom is -0.486 e. The molecule has 0 saturated carbocycles. The first-order valence-corrected chi connectivity index (χ1v) is 8.87. The van der Waals surface area contributed by atoms with Crippen LogP contribution in [0.1, 0.15) is 22.4 Å². The Hall–Kier alpha value is -2.66. The molecule has 0 aliphatic rings. The molecule has 0 fully saturated rings. The average Bonchev–Trinajstić information content (AvgIpc) is 2.96. The Morgan fingerprint density at radius 3 is 2.60 bits per heavy atom. The van der Waals surface area contributed by atoms with Crippen molar-refractivity contribution in [3.05, 3.63) is 64.0 Å². The molecule has 3 aromatic rings. The number of rotatable bonds is 5. The summed E-state index contributed by atoms with van der Waals surface area (Å²) in [6.07, 6.45) is 0. The molecule has 3 rings (SSSR count). The number of hydrogen-bond donors (Lipinski definition) is 1. The maximum atomic E-state index is 11.2. The molecule has 1 heterocycles. The highest BCUT2D eigenvalue weighted by Gasteiger charge is 2.10. The Bertz CT molecular complexity index is 888. The number of anilines is 1. The van der Waals surface area contributed by atoms with E-state index in [2.05, 4.69) is 24.4 Å². The van der Waals surface area contributed by atoms with Crippen molar-refractivity contribution in [2.24, 2.45) is 0 Å². The van der Waals surface area contributed by atoms with Crippen LogP contribution in [0.3, 0.4) is 0 Å². The average molecular weight is 352 g/mol. The number of amides is 1. The lowest BCUT2D eigenvalue weighted by Crippen LogP contribution is -2.07. The Morgan fingerprint density at radius 2 is 1.92 bits per heavy atom. The van der Waals surface area contributed by atoms with Gasteiger partial charge in [0, 0.05) is 23.1 Å². The van der Waals surface area contributed by atoms with Gasteiger partial charge in [-0.15, -0.1) is 11.3 Å². The number of thiazole rings is 1. The number of ether oxygens (including phenoxy) is 1. The van der Waals surface area contributed by atoms with Crippen LogP contribution in [-0.2, 0) is 11.4 Å². The number of benzene rings is 2. The zero-order valence-electron chi connectivity index (χ0n) is 14.5. The second-order valence-electron chi connectivity index (χ2n) is 5.83. The summed E-state index contributed by atoms with van der Waals surface area (Å²) in [5.41, 5.74) is 3.91. The Labute approximate surface area is 151 Å². The first-order chi connectivity index (χ1) is 12.0. The van der Waals surface area contributed by atoms with E-state index in [0.717, 1.165) is 33.3 Å². The smallest absolute Gasteiger partial charge is 0.221 e. The van der Waals surface area contributed by atoms with Crippen molar-refractivity contribution in [3.63, 3.8) is 0 Å². The Balaban J connectivity index is 1.70. The molecule has 0 saturated heterocycles. The van der Waals surface area contributed by atoms with E-state index in [4.69, 9.17) is 9.72 Å². The van der Waals surface area contributed by atoms with Crippen LogP contribution in [0.2, 0.25) is 0 Å². The first kappa shape index (κ1) is 17.2. The van der Waals surface area contributed by atoms with Crippen molar-refractivity contribution in [1.82, 2.24) is 4.98 Å². The third kappa shape index (κ3) is 4.25. The van der Waals surface area contributed by atoms with Crippen LogP contribution in [0, 0.1) is 13.8 Å². The van der Waals surface area contributed by atoms with Crippen molar-refractivity contribution in [3.8, 4) is 17.0 Å². The lowest BCUT2D eigenvalue weighted by atomic mass is 10.1. The number of aromatic nitrogens is 1. The van der Waals surface area contributed by atoms with Gasteiger partial charge in [-0.1, -0.05) is 30.3 Å².